The minimum Gasteiger partial charge on any atom is -0.465 e. The Morgan fingerprint density at radius 3 is 2.27 bits per heavy atom. The van der Waals surface area contributed by atoms with Crippen molar-refractivity contribution in [1.82, 2.24) is 10.6 Å². The average Bonchev–Trinajstić information content (AvgIpc) is 3.30. The molecule has 3 aromatic rings. The predicted octanol–water partition coefficient (Wildman–Crippen LogP) is 2.91. The summed E-state index contributed by atoms with van der Waals surface area (Å²) < 4.78 is 10.4. The molecule has 1 heterocycles. The molecule has 2 N–H and O–H groups in total. The van der Waals surface area contributed by atoms with E-state index in [1.807, 2.05) is 30.3 Å². The lowest BCUT2D eigenvalue weighted by Gasteiger charge is -2.11. The molecule has 152 valence electrons. The molecule has 7 heteroatoms. The molecule has 30 heavy (non-hydrogen) atoms. The van der Waals surface area contributed by atoms with Crippen LogP contribution < -0.4 is 10.6 Å². The molecule has 0 aliphatic carbocycles. The summed E-state index contributed by atoms with van der Waals surface area (Å²) in [6.45, 7) is -0.238. The van der Waals surface area contributed by atoms with E-state index in [4.69, 9.17) is 9.15 Å². The van der Waals surface area contributed by atoms with Gasteiger partial charge in [0, 0.05) is 11.6 Å². The molecule has 0 aliphatic heterocycles. The Bertz CT molecular complexity index is 1010. The smallest absolute Gasteiger partial charge is 0.325 e. The highest BCUT2D eigenvalue weighted by Gasteiger charge is 2.16. The summed E-state index contributed by atoms with van der Waals surface area (Å²) >= 11 is 0. The zero-order valence-electron chi connectivity index (χ0n) is 16.0. The number of carbonyl (C=O) groups is 3. The van der Waals surface area contributed by atoms with Crippen LogP contribution in [0.3, 0.4) is 0 Å². The summed E-state index contributed by atoms with van der Waals surface area (Å²) in [6, 6.07) is 20.9. The third kappa shape index (κ3) is 6.20. The van der Waals surface area contributed by atoms with Gasteiger partial charge < -0.3 is 19.8 Å². The van der Waals surface area contributed by atoms with Gasteiger partial charge in [-0.25, -0.2) is 0 Å². The van der Waals surface area contributed by atoms with Gasteiger partial charge in [0.05, 0.1) is 6.26 Å². The maximum absolute atomic E-state index is 12.6. The number of furan rings is 1. The largest absolute Gasteiger partial charge is 0.465 e. The first-order valence-electron chi connectivity index (χ1n) is 9.21. The molecule has 0 saturated heterocycles. The van der Waals surface area contributed by atoms with E-state index in [1.54, 1.807) is 42.5 Å². The third-order valence-corrected chi connectivity index (χ3v) is 3.99. The van der Waals surface area contributed by atoms with Gasteiger partial charge in [-0.05, 0) is 29.8 Å². The summed E-state index contributed by atoms with van der Waals surface area (Å²) in [7, 11) is 0. The number of hydrogen-bond acceptors (Lipinski definition) is 5. The highest BCUT2D eigenvalue weighted by atomic mass is 16.5. The highest BCUT2D eigenvalue weighted by Crippen LogP contribution is 2.08. The lowest BCUT2D eigenvalue weighted by atomic mass is 10.2. The van der Waals surface area contributed by atoms with Crippen molar-refractivity contribution in [3.8, 4) is 0 Å². The molecule has 0 spiro atoms. The van der Waals surface area contributed by atoms with Crippen LogP contribution in [0.25, 0.3) is 6.08 Å². The summed E-state index contributed by atoms with van der Waals surface area (Å²) in [4.78, 5) is 36.9. The van der Waals surface area contributed by atoms with Crippen molar-refractivity contribution in [2.24, 2.45) is 0 Å². The minimum atomic E-state index is -0.646. The van der Waals surface area contributed by atoms with Crippen LogP contribution in [0.4, 0.5) is 0 Å². The molecule has 7 nitrogen and oxygen atoms in total. The van der Waals surface area contributed by atoms with Gasteiger partial charge in [0.1, 0.15) is 24.6 Å². The van der Waals surface area contributed by atoms with Gasteiger partial charge in [-0.1, -0.05) is 48.5 Å². The molecule has 1 aromatic heterocycles. The second-order valence-corrected chi connectivity index (χ2v) is 6.22. The Morgan fingerprint density at radius 1 is 0.900 bits per heavy atom. The van der Waals surface area contributed by atoms with E-state index in [0.717, 1.165) is 5.56 Å². The van der Waals surface area contributed by atoms with Crippen LogP contribution >= 0.6 is 0 Å². The van der Waals surface area contributed by atoms with E-state index in [0.29, 0.717) is 11.3 Å². The Balaban J connectivity index is 1.60. The van der Waals surface area contributed by atoms with Crippen molar-refractivity contribution in [3.05, 3.63) is 102 Å². The van der Waals surface area contributed by atoms with Crippen LogP contribution in [0, 0.1) is 0 Å². The third-order valence-electron chi connectivity index (χ3n) is 3.99. The molecule has 0 radical (unpaired) electrons. The maximum Gasteiger partial charge on any atom is 0.325 e. The maximum atomic E-state index is 12.6. The van der Waals surface area contributed by atoms with Gasteiger partial charge in [0.2, 0.25) is 0 Å². The summed E-state index contributed by atoms with van der Waals surface area (Å²) in [6.07, 6.45) is 2.83. The lowest BCUT2D eigenvalue weighted by molar-refractivity contribution is -0.144. The van der Waals surface area contributed by atoms with Crippen LogP contribution in [-0.4, -0.2) is 24.3 Å². The Morgan fingerprint density at radius 2 is 1.60 bits per heavy atom. The number of benzene rings is 2. The van der Waals surface area contributed by atoms with E-state index in [9.17, 15) is 14.4 Å². The molecule has 0 aliphatic rings. The average molecular weight is 404 g/mol. The fourth-order valence-corrected chi connectivity index (χ4v) is 2.49. The first kappa shape index (κ1) is 20.6. The van der Waals surface area contributed by atoms with Gasteiger partial charge in [0.25, 0.3) is 11.8 Å². The van der Waals surface area contributed by atoms with Gasteiger partial charge in [0.15, 0.2) is 0 Å². The fraction of sp³-hybridized carbons (Fsp3) is 0.0870. The Labute approximate surface area is 173 Å². The number of amides is 2. The number of rotatable bonds is 8. The van der Waals surface area contributed by atoms with Crippen LogP contribution in [0.5, 0.6) is 0 Å². The van der Waals surface area contributed by atoms with Crippen molar-refractivity contribution in [1.29, 1.82) is 0 Å². The molecule has 0 saturated carbocycles. The standard InChI is InChI=1S/C23H20N2O5/c26-21(30-16-17-8-3-1-4-9-17)15-24-23(28)20(14-19-12-7-13-29-19)25-22(27)18-10-5-2-6-11-18/h1-14H,15-16H2,(H,24,28)(H,25,27)/b20-14-. The highest BCUT2D eigenvalue weighted by molar-refractivity contribution is 6.05. The molecule has 0 unspecified atom stereocenters. The summed E-state index contributed by atoms with van der Waals surface area (Å²) in [5.74, 6) is -1.33. The monoisotopic (exact) mass is 404 g/mol. The molecule has 0 atom stereocenters. The van der Waals surface area contributed by atoms with E-state index < -0.39 is 17.8 Å². The van der Waals surface area contributed by atoms with Gasteiger partial charge in [-0.2, -0.15) is 0 Å². The molecule has 3 rings (SSSR count). The van der Waals surface area contributed by atoms with Gasteiger partial charge in [-0.15, -0.1) is 0 Å². The molecule has 0 fully saturated rings. The minimum absolute atomic E-state index is 0.0605. The predicted molar refractivity (Wildman–Crippen MR) is 110 cm³/mol. The van der Waals surface area contributed by atoms with Crippen LogP contribution in [-0.2, 0) is 20.9 Å². The van der Waals surface area contributed by atoms with E-state index in [1.165, 1.54) is 12.3 Å². The second kappa shape index (κ2) is 10.4. The van der Waals surface area contributed by atoms with Crippen LogP contribution in [0.2, 0.25) is 0 Å². The lowest BCUT2D eigenvalue weighted by Crippen LogP contribution is -2.37. The number of ether oxygens (including phenoxy) is 1. The Hall–Kier alpha value is -4.13. The van der Waals surface area contributed by atoms with E-state index in [-0.39, 0.29) is 18.8 Å². The quantitative estimate of drug-likeness (QED) is 0.444. The molecule has 2 aromatic carbocycles. The number of carbonyl (C=O) groups excluding carboxylic acids is 3. The van der Waals surface area contributed by atoms with E-state index >= 15 is 0 Å². The fourth-order valence-electron chi connectivity index (χ4n) is 2.49. The van der Waals surface area contributed by atoms with Crippen LogP contribution in [0.1, 0.15) is 21.7 Å². The molecule has 2 amide bonds. The zero-order chi connectivity index (χ0) is 21.2. The van der Waals surface area contributed by atoms with E-state index in [2.05, 4.69) is 10.6 Å². The molecular formula is C23H20N2O5. The Kier molecular flexibility index (Phi) is 7.16. The van der Waals surface area contributed by atoms with Crippen molar-refractivity contribution in [2.45, 2.75) is 6.61 Å². The van der Waals surface area contributed by atoms with Crippen molar-refractivity contribution >= 4 is 23.9 Å². The first-order chi connectivity index (χ1) is 14.6. The van der Waals surface area contributed by atoms with Crippen LogP contribution in [0.15, 0.2) is 89.2 Å². The van der Waals surface area contributed by atoms with Crippen molar-refractivity contribution in [2.75, 3.05) is 6.54 Å². The van der Waals surface area contributed by atoms with Gasteiger partial charge in [-0.3, -0.25) is 14.4 Å². The normalized spacial score (nSPS) is 10.9. The van der Waals surface area contributed by atoms with Gasteiger partial charge >= 0.3 is 5.97 Å². The first-order valence-corrected chi connectivity index (χ1v) is 9.21. The SMILES string of the molecule is O=C(CNC(=O)/C(=C/c1ccco1)NC(=O)c1ccccc1)OCc1ccccc1. The van der Waals surface area contributed by atoms with Crippen molar-refractivity contribution < 1.29 is 23.5 Å². The zero-order valence-corrected chi connectivity index (χ0v) is 16.0. The summed E-state index contributed by atoms with van der Waals surface area (Å²) in [5, 5.41) is 5.00. The number of nitrogens with one attached hydrogen (secondary N) is 2. The molecular weight excluding hydrogens is 384 g/mol. The second-order valence-electron chi connectivity index (χ2n) is 6.22. The molecule has 0 bridgehead atoms. The topological polar surface area (TPSA) is 97.6 Å². The van der Waals surface area contributed by atoms with Crippen molar-refractivity contribution in [3.63, 3.8) is 0 Å². The number of hydrogen-bond donors (Lipinski definition) is 2. The number of esters is 1. The summed E-state index contributed by atoms with van der Waals surface area (Å²) in [5.41, 5.74) is 1.17.